The fourth-order valence-corrected chi connectivity index (χ4v) is 2.80. The minimum Gasteiger partial charge on any atom is -0.464 e. The number of nitrogen functional groups attached to an aromatic ring is 1. The zero-order valence-corrected chi connectivity index (χ0v) is 11.3. The van der Waals surface area contributed by atoms with Gasteiger partial charge in [0.25, 0.3) is 0 Å². The van der Waals surface area contributed by atoms with Gasteiger partial charge in [0.2, 0.25) is 0 Å². The third kappa shape index (κ3) is 1.30. The summed E-state index contributed by atoms with van der Waals surface area (Å²) in [5.74, 6) is 0.563. The van der Waals surface area contributed by atoms with E-state index in [1.54, 1.807) is 30.5 Å². The van der Waals surface area contributed by atoms with Gasteiger partial charge in [-0.15, -0.1) is 0 Å². The number of hydrogen-bond donors (Lipinski definition) is 1. The van der Waals surface area contributed by atoms with Crippen molar-refractivity contribution in [1.29, 1.82) is 0 Å². The minimum absolute atomic E-state index is 0.542. The van der Waals surface area contributed by atoms with Crippen molar-refractivity contribution in [2.45, 2.75) is 0 Å². The zero-order valence-electron chi connectivity index (χ0n) is 10.6. The molecule has 0 radical (unpaired) electrons. The lowest BCUT2D eigenvalue weighted by Gasteiger charge is -2.05. The van der Waals surface area contributed by atoms with E-state index < -0.39 is 0 Å². The first-order valence-corrected chi connectivity index (χ1v) is 6.40. The van der Waals surface area contributed by atoms with Crippen molar-refractivity contribution in [3.63, 3.8) is 0 Å². The fraction of sp³-hybridized carbons (Fsp3) is 0.0714. The van der Waals surface area contributed by atoms with Crippen molar-refractivity contribution >= 4 is 39.4 Å². The number of fused-ring (bicyclic) bond motifs is 2. The Morgan fingerprint density at radius 1 is 1.15 bits per heavy atom. The van der Waals surface area contributed by atoms with Gasteiger partial charge >= 0.3 is 0 Å². The quantitative estimate of drug-likeness (QED) is 0.578. The van der Waals surface area contributed by atoms with Gasteiger partial charge in [-0.25, -0.2) is 0 Å². The first-order chi connectivity index (χ1) is 9.68. The highest BCUT2D eigenvalue weighted by atomic mass is 35.5. The van der Waals surface area contributed by atoms with Crippen LogP contribution in [0.5, 0.6) is 0 Å². The number of hydrogen-bond acceptors (Lipinski definition) is 4. The Morgan fingerprint density at radius 2 is 1.85 bits per heavy atom. The number of aryl methyl sites for hydroxylation is 1. The van der Waals surface area contributed by atoms with E-state index in [0.29, 0.717) is 22.0 Å². The summed E-state index contributed by atoms with van der Waals surface area (Å²) in [5.41, 5.74) is 9.05. The first kappa shape index (κ1) is 11.4. The second kappa shape index (κ2) is 3.80. The largest absolute Gasteiger partial charge is 0.464 e. The maximum Gasteiger partial charge on any atom is 0.153 e. The van der Waals surface area contributed by atoms with Gasteiger partial charge in [-0.05, 0) is 12.1 Å². The molecule has 3 aromatic heterocycles. The van der Waals surface area contributed by atoms with Crippen LogP contribution in [0.3, 0.4) is 0 Å². The number of rotatable bonds is 1. The molecule has 2 N–H and O–H groups in total. The maximum atomic E-state index is 6.36. The van der Waals surface area contributed by atoms with Crippen LogP contribution in [0.15, 0.2) is 39.7 Å². The van der Waals surface area contributed by atoms with Crippen LogP contribution in [-0.4, -0.2) is 9.78 Å². The van der Waals surface area contributed by atoms with Crippen molar-refractivity contribution in [3.8, 4) is 11.1 Å². The van der Waals surface area contributed by atoms with E-state index in [-0.39, 0.29) is 0 Å². The Labute approximate surface area is 118 Å². The number of nitrogens with two attached hydrogens (primary N) is 1. The van der Waals surface area contributed by atoms with Crippen molar-refractivity contribution < 1.29 is 8.83 Å². The molecule has 4 rings (SSSR count). The molecule has 20 heavy (non-hydrogen) atoms. The summed E-state index contributed by atoms with van der Waals surface area (Å²) < 4.78 is 12.7. The smallest absolute Gasteiger partial charge is 0.153 e. The van der Waals surface area contributed by atoms with E-state index in [2.05, 4.69) is 5.10 Å². The molecule has 5 nitrogen and oxygen atoms in total. The van der Waals surface area contributed by atoms with Gasteiger partial charge in [-0.2, -0.15) is 5.10 Å². The molecule has 6 heteroatoms. The second-order valence-electron chi connectivity index (χ2n) is 4.58. The summed E-state index contributed by atoms with van der Waals surface area (Å²) in [7, 11) is 1.79. The number of furan rings is 2. The zero-order chi connectivity index (χ0) is 13.9. The molecule has 4 aromatic rings. The SMILES string of the molecule is Cn1ncc(-c2c3ccoc3c(Cl)c3ccoc23)c1N. The van der Waals surface area contributed by atoms with E-state index in [0.717, 1.165) is 21.9 Å². The standard InChI is InChI=1S/C14H10ClN3O2/c1-18-14(16)9(6-17-18)10-7-2-4-20-13(7)11(15)8-3-5-19-12(8)10/h2-6H,16H2,1H3. The number of nitrogens with zero attached hydrogens (tertiary/aromatic N) is 2. The fourth-order valence-electron chi connectivity index (χ4n) is 2.50. The normalized spacial score (nSPS) is 11.7. The number of aromatic nitrogens is 2. The molecule has 0 saturated carbocycles. The van der Waals surface area contributed by atoms with E-state index in [4.69, 9.17) is 26.2 Å². The van der Waals surface area contributed by atoms with Crippen LogP contribution in [-0.2, 0) is 7.05 Å². The molecule has 0 aliphatic heterocycles. The number of benzene rings is 1. The van der Waals surface area contributed by atoms with Gasteiger partial charge < -0.3 is 14.6 Å². The van der Waals surface area contributed by atoms with Crippen LogP contribution in [0, 0.1) is 0 Å². The van der Waals surface area contributed by atoms with Crippen molar-refractivity contribution in [1.82, 2.24) is 9.78 Å². The predicted octanol–water partition coefficient (Wildman–Crippen LogP) is 3.82. The number of halogens is 1. The Kier molecular flexibility index (Phi) is 2.17. The Balaban J connectivity index is 2.25. The first-order valence-electron chi connectivity index (χ1n) is 6.02. The average Bonchev–Trinajstić information content (AvgIpc) is 3.14. The van der Waals surface area contributed by atoms with Gasteiger partial charge in [-0.1, -0.05) is 11.6 Å². The van der Waals surface area contributed by atoms with Gasteiger partial charge in [0.05, 0.1) is 23.7 Å². The topological polar surface area (TPSA) is 70.1 Å². The van der Waals surface area contributed by atoms with Gasteiger partial charge in [0, 0.05) is 28.9 Å². The van der Waals surface area contributed by atoms with Crippen LogP contribution in [0.4, 0.5) is 5.82 Å². The lowest BCUT2D eigenvalue weighted by Crippen LogP contribution is -1.98. The van der Waals surface area contributed by atoms with Crippen molar-refractivity contribution in [2.24, 2.45) is 7.05 Å². The van der Waals surface area contributed by atoms with Crippen LogP contribution in [0.1, 0.15) is 0 Å². The molecular formula is C14H10ClN3O2. The minimum atomic E-state index is 0.542. The van der Waals surface area contributed by atoms with Gasteiger partial charge in [0.15, 0.2) is 5.58 Å². The maximum absolute atomic E-state index is 6.36. The molecule has 0 fully saturated rings. The Morgan fingerprint density at radius 3 is 2.55 bits per heavy atom. The molecule has 0 aliphatic carbocycles. The van der Waals surface area contributed by atoms with E-state index in [1.807, 2.05) is 12.1 Å². The molecule has 0 unspecified atom stereocenters. The van der Waals surface area contributed by atoms with E-state index >= 15 is 0 Å². The summed E-state index contributed by atoms with van der Waals surface area (Å²) in [6, 6.07) is 3.67. The number of anilines is 1. The molecule has 0 amide bonds. The highest BCUT2D eigenvalue weighted by Gasteiger charge is 2.21. The monoisotopic (exact) mass is 287 g/mol. The summed E-state index contributed by atoms with van der Waals surface area (Å²) in [6.45, 7) is 0. The Hall–Kier alpha value is -2.40. The van der Waals surface area contributed by atoms with Crippen LogP contribution >= 0.6 is 11.6 Å². The third-order valence-electron chi connectivity index (χ3n) is 3.52. The highest BCUT2D eigenvalue weighted by Crippen LogP contribution is 2.43. The Bertz CT molecular complexity index is 896. The van der Waals surface area contributed by atoms with Crippen LogP contribution in [0.25, 0.3) is 33.1 Å². The molecule has 100 valence electrons. The summed E-state index contributed by atoms with van der Waals surface area (Å²) in [4.78, 5) is 0. The molecule has 0 spiro atoms. The summed E-state index contributed by atoms with van der Waals surface area (Å²) >= 11 is 6.36. The second-order valence-corrected chi connectivity index (χ2v) is 4.96. The lowest BCUT2D eigenvalue weighted by molar-refractivity contribution is 0.613. The molecule has 0 saturated heterocycles. The third-order valence-corrected chi connectivity index (χ3v) is 3.89. The van der Waals surface area contributed by atoms with E-state index in [1.165, 1.54) is 0 Å². The summed E-state index contributed by atoms with van der Waals surface area (Å²) in [5, 5.41) is 6.38. The highest BCUT2D eigenvalue weighted by molar-refractivity contribution is 6.41. The van der Waals surface area contributed by atoms with Crippen molar-refractivity contribution in [3.05, 3.63) is 35.9 Å². The molecule has 3 heterocycles. The summed E-state index contributed by atoms with van der Waals surface area (Å²) in [6.07, 6.45) is 4.92. The molecule has 0 atom stereocenters. The van der Waals surface area contributed by atoms with Crippen molar-refractivity contribution in [2.75, 3.05) is 5.73 Å². The van der Waals surface area contributed by atoms with Gasteiger partial charge in [0.1, 0.15) is 11.4 Å². The predicted molar refractivity (Wildman–Crippen MR) is 77.6 cm³/mol. The molecular weight excluding hydrogens is 278 g/mol. The van der Waals surface area contributed by atoms with Crippen LogP contribution < -0.4 is 5.73 Å². The molecule has 0 aliphatic rings. The lowest BCUT2D eigenvalue weighted by atomic mass is 10.0. The molecule has 0 bridgehead atoms. The van der Waals surface area contributed by atoms with Gasteiger partial charge in [-0.3, -0.25) is 4.68 Å². The van der Waals surface area contributed by atoms with E-state index in [9.17, 15) is 0 Å². The average molecular weight is 288 g/mol. The molecule has 1 aromatic carbocycles. The van der Waals surface area contributed by atoms with Crippen LogP contribution in [0.2, 0.25) is 5.02 Å².